The van der Waals surface area contributed by atoms with Gasteiger partial charge in [-0.3, -0.25) is 0 Å². The maximum Gasteiger partial charge on any atom is 0.387 e. The zero-order valence-corrected chi connectivity index (χ0v) is 12.9. The molecule has 0 aliphatic carbocycles. The number of likely N-dealkylation sites (N-methyl/N-ethyl adjacent to an activating group) is 1. The number of benzene rings is 1. The van der Waals surface area contributed by atoms with Crippen LogP contribution >= 0.6 is 0 Å². The van der Waals surface area contributed by atoms with E-state index in [2.05, 4.69) is 13.9 Å². The maximum absolute atomic E-state index is 12.1. The molecule has 124 valence electrons. The molecular formula is C13H12F2N2O5S. The second-order valence-corrected chi connectivity index (χ2v) is 5.97. The smallest absolute Gasteiger partial charge is 0.387 e. The van der Waals surface area contributed by atoms with Gasteiger partial charge in [0.15, 0.2) is 0 Å². The highest BCUT2D eigenvalue weighted by Gasteiger charge is 2.30. The molecule has 23 heavy (non-hydrogen) atoms. The molecule has 2 rings (SSSR count). The summed E-state index contributed by atoms with van der Waals surface area (Å²) in [7, 11) is -1.81. The molecule has 0 N–H and O–H groups in total. The summed E-state index contributed by atoms with van der Waals surface area (Å²) in [5, 5.41) is 0. The predicted octanol–water partition coefficient (Wildman–Crippen LogP) is 1.32. The molecule has 10 heteroatoms. The molecule has 1 aliphatic heterocycles. The van der Waals surface area contributed by atoms with Crippen molar-refractivity contribution >= 4 is 21.9 Å². The minimum atomic E-state index is -4.09. The fourth-order valence-electron chi connectivity index (χ4n) is 1.79. The number of esters is 1. The minimum absolute atomic E-state index is 0.0212. The van der Waals surface area contributed by atoms with Crippen LogP contribution in [0.4, 0.5) is 8.78 Å². The highest BCUT2D eigenvalue weighted by atomic mass is 32.2. The van der Waals surface area contributed by atoms with Crippen molar-refractivity contribution in [1.82, 2.24) is 4.31 Å². The van der Waals surface area contributed by atoms with E-state index in [1.165, 1.54) is 30.3 Å². The quantitative estimate of drug-likeness (QED) is 0.768. The number of carbonyl (C=O) groups is 1. The first-order chi connectivity index (χ1) is 10.7. The summed E-state index contributed by atoms with van der Waals surface area (Å²) < 4.78 is 61.2. The Hall–Kier alpha value is -2.49. The Bertz CT molecular complexity index is 772. The second-order valence-electron chi connectivity index (χ2n) is 4.35. The number of allylic oxidation sites excluding steroid dienone is 1. The number of hydrogen-bond donors (Lipinski definition) is 0. The van der Waals surface area contributed by atoms with Crippen LogP contribution in [0.15, 0.2) is 40.4 Å². The Labute approximate surface area is 131 Å². The molecule has 1 aromatic carbocycles. The molecule has 1 aromatic rings. The molecule has 1 heterocycles. The molecule has 7 nitrogen and oxygen atoms in total. The highest BCUT2D eigenvalue weighted by molar-refractivity contribution is 7.88. The van der Waals surface area contributed by atoms with E-state index in [1.54, 1.807) is 0 Å². The van der Waals surface area contributed by atoms with Gasteiger partial charge in [-0.15, -0.1) is 4.40 Å². The number of nitrogens with zero attached hydrogens (tertiary/aromatic N) is 2. The van der Waals surface area contributed by atoms with Gasteiger partial charge in [-0.05, 0) is 30.3 Å². The monoisotopic (exact) mass is 346 g/mol. The molecule has 0 saturated heterocycles. The van der Waals surface area contributed by atoms with E-state index in [0.717, 1.165) is 14.2 Å². The zero-order chi connectivity index (χ0) is 17.2. The highest BCUT2D eigenvalue weighted by Crippen LogP contribution is 2.22. The van der Waals surface area contributed by atoms with Gasteiger partial charge in [0.1, 0.15) is 11.4 Å². The molecular weight excluding hydrogens is 334 g/mol. The number of methoxy groups -OCH3 is 1. The van der Waals surface area contributed by atoms with Crippen molar-refractivity contribution in [3.8, 4) is 5.75 Å². The van der Waals surface area contributed by atoms with Crippen LogP contribution in [0, 0.1) is 0 Å². The standard InChI is InChI=1S/C13H12F2N2O5S/c1-17-11(12(18)21-2)7-10(16-23(17,19)20)8-3-5-9(6-4-8)22-13(14)15/h3-7,13H,1-2H3. The number of halogens is 2. The van der Waals surface area contributed by atoms with Gasteiger partial charge in [-0.1, -0.05) is 0 Å². The van der Waals surface area contributed by atoms with Crippen LogP contribution in [0.5, 0.6) is 5.75 Å². The molecule has 1 aliphatic rings. The van der Waals surface area contributed by atoms with E-state index in [0.29, 0.717) is 9.87 Å². The van der Waals surface area contributed by atoms with Crippen LogP contribution in [0.3, 0.4) is 0 Å². The van der Waals surface area contributed by atoms with Crippen molar-refractivity contribution in [1.29, 1.82) is 0 Å². The van der Waals surface area contributed by atoms with Gasteiger partial charge in [0.05, 0.1) is 12.8 Å². The predicted molar refractivity (Wildman–Crippen MR) is 76.4 cm³/mol. The van der Waals surface area contributed by atoms with E-state index in [-0.39, 0.29) is 17.2 Å². The van der Waals surface area contributed by atoms with Crippen molar-refractivity contribution in [3.05, 3.63) is 41.6 Å². The van der Waals surface area contributed by atoms with E-state index >= 15 is 0 Å². The number of alkyl halides is 2. The van der Waals surface area contributed by atoms with Gasteiger partial charge >= 0.3 is 22.8 Å². The summed E-state index contributed by atoms with van der Waals surface area (Å²) in [4.78, 5) is 11.7. The second kappa shape index (κ2) is 6.32. The lowest BCUT2D eigenvalue weighted by atomic mass is 10.1. The lowest BCUT2D eigenvalue weighted by Crippen LogP contribution is -2.33. The van der Waals surface area contributed by atoms with Crippen molar-refractivity contribution in [3.63, 3.8) is 0 Å². The molecule has 0 spiro atoms. The fraction of sp³-hybridized carbons (Fsp3) is 0.231. The van der Waals surface area contributed by atoms with Gasteiger partial charge in [-0.2, -0.15) is 17.2 Å². The summed E-state index contributed by atoms with van der Waals surface area (Å²) in [6.45, 7) is -2.97. The third-order valence-corrected chi connectivity index (χ3v) is 4.26. The Morgan fingerprint density at radius 2 is 1.87 bits per heavy atom. The average molecular weight is 346 g/mol. The van der Waals surface area contributed by atoms with Crippen molar-refractivity contribution < 1.29 is 31.5 Å². The lowest BCUT2D eigenvalue weighted by molar-refractivity contribution is -0.137. The molecule has 0 saturated carbocycles. The van der Waals surface area contributed by atoms with E-state index in [4.69, 9.17) is 0 Å². The summed E-state index contributed by atoms with van der Waals surface area (Å²) in [5.74, 6) is -0.932. The molecule has 0 amide bonds. The molecule has 0 fully saturated rings. The van der Waals surface area contributed by atoms with Gasteiger partial charge < -0.3 is 9.47 Å². The topological polar surface area (TPSA) is 85.3 Å². The minimum Gasteiger partial charge on any atom is -0.464 e. The van der Waals surface area contributed by atoms with Crippen LogP contribution in [0.1, 0.15) is 5.56 Å². The summed E-state index contributed by atoms with van der Waals surface area (Å²) in [6, 6.07) is 5.17. The van der Waals surface area contributed by atoms with E-state index in [9.17, 15) is 22.0 Å². The number of hydrogen-bond acceptors (Lipinski definition) is 5. The lowest BCUT2D eigenvalue weighted by Gasteiger charge is -2.22. The van der Waals surface area contributed by atoms with Crippen LogP contribution in [0.25, 0.3) is 0 Å². The van der Waals surface area contributed by atoms with E-state index < -0.39 is 22.8 Å². The van der Waals surface area contributed by atoms with E-state index in [1.807, 2.05) is 0 Å². The summed E-state index contributed by atoms with van der Waals surface area (Å²) in [6.07, 6.45) is 1.23. The molecule has 0 bridgehead atoms. The Kier molecular flexibility index (Phi) is 4.64. The maximum atomic E-state index is 12.1. The third kappa shape index (κ3) is 3.65. The van der Waals surface area contributed by atoms with Crippen molar-refractivity contribution in [2.45, 2.75) is 6.61 Å². The van der Waals surface area contributed by atoms with Crippen LogP contribution in [-0.2, 0) is 19.7 Å². The summed E-state index contributed by atoms with van der Waals surface area (Å²) in [5.41, 5.74) is 0.0715. The Morgan fingerprint density at radius 1 is 1.26 bits per heavy atom. The first-order valence-electron chi connectivity index (χ1n) is 6.18. The first kappa shape index (κ1) is 16.9. The SMILES string of the molecule is COC(=O)C1=CC(c2ccc(OC(F)F)cc2)=NS(=O)(=O)N1C. The third-order valence-electron chi connectivity index (χ3n) is 2.94. The molecule has 0 unspecified atom stereocenters. The van der Waals surface area contributed by atoms with Gasteiger partial charge in [0, 0.05) is 12.6 Å². The fourth-order valence-corrected chi connectivity index (χ4v) is 2.70. The van der Waals surface area contributed by atoms with Crippen molar-refractivity contribution in [2.75, 3.05) is 14.2 Å². The number of carbonyl (C=O) groups excluding carboxylic acids is 1. The first-order valence-corrected chi connectivity index (χ1v) is 7.58. The Balaban J connectivity index is 2.41. The van der Waals surface area contributed by atoms with Gasteiger partial charge in [-0.25, -0.2) is 9.10 Å². The zero-order valence-electron chi connectivity index (χ0n) is 12.1. The summed E-state index contributed by atoms with van der Waals surface area (Å²) >= 11 is 0. The molecule has 0 aromatic heterocycles. The molecule has 0 radical (unpaired) electrons. The normalized spacial score (nSPS) is 16.7. The van der Waals surface area contributed by atoms with Crippen LogP contribution in [0.2, 0.25) is 0 Å². The average Bonchev–Trinajstić information content (AvgIpc) is 2.49. The molecule has 0 atom stereocenters. The van der Waals surface area contributed by atoms with Crippen LogP contribution < -0.4 is 4.74 Å². The van der Waals surface area contributed by atoms with Gasteiger partial charge in [0.2, 0.25) is 0 Å². The van der Waals surface area contributed by atoms with Gasteiger partial charge in [0.25, 0.3) is 0 Å². The number of ether oxygens (including phenoxy) is 2. The van der Waals surface area contributed by atoms with Crippen LogP contribution in [-0.4, -0.2) is 45.2 Å². The Morgan fingerprint density at radius 3 is 2.39 bits per heavy atom. The largest absolute Gasteiger partial charge is 0.464 e. The van der Waals surface area contributed by atoms with Crippen molar-refractivity contribution in [2.24, 2.45) is 4.40 Å². The number of rotatable bonds is 4.